The summed E-state index contributed by atoms with van der Waals surface area (Å²) < 4.78 is 0. The Morgan fingerprint density at radius 3 is 2.07 bits per heavy atom. The van der Waals surface area contributed by atoms with E-state index in [0.717, 1.165) is 0 Å². The Morgan fingerprint density at radius 1 is 1.14 bits per heavy atom. The highest BCUT2D eigenvalue weighted by Crippen LogP contribution is 2.54. The van der Waals surface area contributed by atoms with E-state index in [1.807, 2.05) is 0 Å². The summed E-state index contributed by atoms with van der Waals surface area (Å²) in [6.07, 6.45) is 6.34. The van der Waals surface area contributed by atoms with Gasteiger partial charge in [0, 0.05) is 10.9 Å². The Morgan fingerprint density at radius 2 is 1.64 bits per heavy atom. The minimum atomic E-state index is -2.22. The number of hydrogen-bond donors (Lipinski definition) is 0. The van der Waals surface area contributed by atoms with Crippen LogP contribution in [0.2, 0.25) is 10.6 Å². The molecule has 0 aromatic carbocycles. The molecule has 0 bridgehead atoms. The molecule has 0 atom stereocenters. The van der Waals surface area contributed by atoms with Gasteiger partial charge in [0.1, 0.15) is 0 Å². The molecule has 1 saturated carbocycles. The molecular weight excluding hydrogens is 255 g/mol. The third-order valence-electron chi connectivity index (χ3n) is 3.35. The maximum absolute atomic E-state index is 6.63. The first kappa shape index (κ1) is 13.2. The van der Waals surface area contributed by atoms with Crippen LogP contribution in [-0.4, -0.2) is 12.6 Å². The minimum absolute atomic E-state index is 0.0698. The van der Waals surface area contributed by atoms with Crippen LogP contribution in [0.1, 0.15) is 46.0 Å². The van der Waals surface area contributed by atoms with Crippen molar-refractivity contribution in [1.82, 2.24) is 0 Å². The van der Waals surface area contributed by atoms with E-state index in [-0.39, 0.29) is 5.04 Å². The van der Waals surface area contributed by atoms with Gasteiger partial charge in [-0.15, -0.1) is 33.8 Å². The smallest absolute Gasteiger partial charge is 0.145 e. The predicted octanol–water partition coefficient (Wildman–Crippen LogP) is 5.26. The van der Waals surface area contributed by atoms with Crippen molar-refractivity contribution in [3.05, 3.63) is 0 Å². The van der Waals surface area contributed by atoms with Crippen molar-refractivity contribution in [3.8, 4) is 0 Å². The molecule has 84 valence electrons. The van der Waals surface area contributed by atoms with E-state index in [2.05, 4.69) is 13.8 Å². The van der Waals surface area contributed by atoms with Gasteiger partial charge in [0.05, 0.1) is 0 Å². The van der Waals surface area contributed by atoms with Crippen molar-refractivity contribution >= 4 is 40.5 Å². The summed E-state index contributed by atoms with van der Waals surface area (Å²) in [4.78, 5) is 0. The molecule has 0 unspecified atom stereocenters. The average molecular weight is 274 g/mol. The molecule has 0 heterocycles. The maximum atomic E-state index is 6.63. The van der Waals surface area contributed by atoms with Crippen LogP contribution in [0.5, 0.6) is 0 Å². The Hall–Kier alpha value is 1.09. The molecule has 0 aromatic rings. The van der Waals surface area contributed by atoms with Crippen molar-refractivity contribution in [2.45, 2.75) is 56.5 Å². The molecular formula is C10H19Cl3Si. The van der Waals surface area contributed by atoms with E-state index >= 15 is 0 Å². The van der Waals surface area contributed by atoms with Crippen LogP contribution in [0.4, 0.5) is 0 Å². The summed E-state index contributed by atoms with van der Waals surface area (Å²) in [5.74, 6) is 0.572. The van der Waals surface area contributed by atoms with Gasteiger partial charge in [0.25, 0.3) is 6.69 Å². The van der Waals surface area contributed by atoms with Crippen LogP contribution >= 0.6 is 33.8 Å². The highest BCUT2D eigenvalue weighted by molar-refractivity contribution is 7.47. The van der Waals surface area contributed by atoms with Gasteiger partial charge in [-0.1, -0.05) is 46.0 Å². The van der Waals surface area contributed by atoms with Crippen LogP contribution in [-0.2, 0) is 0 Å². The second kappa shape index (κ2) is 4.95. The summed E-state index contributed by atoms with van der Waals surface area (Å²) in [5, 5.41) is -0.0698. The molecule has 0 aromatic heterocycles. The van der Waals surface area contributed by atoms with E-state index in [1.165, 1.54) is 32.1 Å². The molecule has 1 aliphatic carbocycles. The largest absolute Gasteiger partial charge is 0.260 e. The lowest BCUT2D eigenvalue weighted by Gasteiger charge is -2.40. The van der Waals surface area contributed by atoms with E-state index in [1.54, 1.807) is 0 Å². The molecule has 0 amide bonds. The SMILES string of the molecule is CC(C)(CCl)[Si](Cl)(Cl)C1CCCCC1. The fraction of sp³-hybridized carbons (Fsp3) is 1.00. The Balaban J connectivity index is 2.71. The zero-order valence-corrected chi connectivity index (χ0v) is 12.2. The van der Waals surface area contributed by atoms with Crippen molar-refractivity contribution in [2.75, 3.05) is 5.88 Å². The maximum Gasteiger partial charge on any atom is 0.260 e. The lowest BCUT2D eigenvalue weighted by atomic mass is 10.0. The van der Waals surface area contributed by atoms with Gasteiger partial charge in [0.2, 0.25) is 0 Å². The molecule has 1 aliphatic rings. The van der Waals surface area contributed by atoms with Crippen molar-refractivity contribution in [2.24, 2.45) is 0 Å². The summed E-state index contributed by atoms with van der Waals surface area (Å²) in [5.41, 5.74) is 0.549. The fourth-order valence-electron chi connectivity index (χ4n) is 2.11. The summed E-state index contributed by atoms with van der Waals surface area (Å²) >= 11 is 19.2. The monoisotopic (exact) mass is 272 g/mol. The number of hydrogen-bond acceptors (Lipinski definition) is 0. The second-order valence-electron chi connectivity index (χ2n) is 4.98. The molecule has 0 saturated heterocycles. The van der Waals surface area contributed by atoms with Gasteiger partial charge in [0.15, 0.2) is 0 Å². The standard InChI is InChI=1S/C10H19Cl3Si/c1-10(2,8-11)14(12,13)9-6-4-3-5-7-9/h9H,3-8H2,1-2H3. The average Bonchev–Trinajstić information content (AvgIpc) is 2.19. The van der Waals surface area contributed by atoms with Crippen molar-refractivity contribution in [1.29, 1.82) is 0 Å². The van der Waals surface area contributed by atoms with Crippen LogP contribution < -0.4 is 0 Å². The van der Waals surface area contributed by atoms with Crippen LogP contribution in [0.3, 0.4) is 0 Å². The third-order valence-corrected chi connectivity index (χ3v) is 12.8. The number of rotatable bonds is 3. The highest BCUT2D eigenvalue weighted by atomic mass is 35.7. The van der Waals surface area contributed by atoms with E-state index < -0.39 is 6.69 Å². The molecule has 4 heteroatoms. The molecule has 1 rings (SSSR count). The molecule has 0 N–H and O–H groups in total. The first-order valence-electron chi connectivity index (χ1n) is 5.35. The Labute approximate surface area is 103 Å². The summed E-state index contributed by atoms with van der Waals surface area (Å²) in [6.45, 7) is 2.01. The van der Waals surface area contributed by atoms with E-state index in [4.69, 9.17) is 33.8 Å². The third kappa shape index (κ3) is 2.61. The Kier molecular flexibility index (Phi) is 4.65. The van der Waals surface area contributed by atoms with E-state index in [9.17, 15) is 0 Å². The van der Waals surface area contributed by atoms with Gasteiger partial charge in [-0.25, -0.2) is 0 Å². The number of alkyl halides is 1. The van der Waals surface area contributed by atoms with Crippen LogP contribution in [0.25, 0.3) is 0 Å². The number of halogens is 3. The zero-order valence-electron chi connectivity index (χ0n) is 8.95. The lowest BCUT2D eigenvalue weighted by molar-refractivity contribution is 0.488. The molecule has 0 aliphatic heterocycles. The first-order chi connectivity index (χ1) is 6.42. The van der Waals surface area contributed by atoms with Crippen molar-refractivity contribution < 1.29 is 0 Å². The predicted molar refractivity (Wildman–Crippen MR) is 69.1 cm³/mol. The Bertz CT molecular complexity index is 186. The summed E-state index contributed by atoms with van der Waals surface area (Å²) in [7, 11) is 0. The van der Waals surface area contributed by atoms with Crippen LogP contribution in [0.15, 0.2) is 0 Å². The molecule has 0 spiro atoms. The zero-order chi connectivity index (χ0) is 10.8. The van der Waals surface area contributed by atoms with Gasteiger partial charge in [-0.05, 0) is 5.54 Å². The van der Waals surface area contributed by atoms with Gasteiger partial charge in [-0.2, -0.15) is 0 Å². The molecule has 14 heavy (non-hydrogen) atoms. The van der Waals surface area contributed by atoms with Gasteiger partial charge in [-0.3, -0.25) is 0 Å². The van der Waals surface area contributed by atoms with Gasteiger partial charge < -0.3 is 0 Å². The quantitative estimate of drug-likeness (QED) is 0.374. The van der Waals surface area contributed by atoms with Gasteiger partial charge >= 0.3 is 0 Å². The van der Waals surface area contributed by atoms with Crippen molar-refractivity contribution in [3.63, 3.8) is 0 Å². The minimum Gasteiger partial charge on any atom is -0.145 e. The molecule has 0 radical (unpaired) electrons. The first-order valence-corrected chi connectivity index (χ1v) is 9.99. The topological polar surface area (TPSA) is 0 Å². The molecule has 1 fully saturated rings. The van der Waals surface area contributed by atoms with Crippen LogP contribution in [0, 0.1) is 0 Å². The second-order valence-corrected chi connectivity index (χ2v) is 12.8. The summed E-state index contributed by atoms with van der Waals surface area (Å²) in [6, 6.07) is 0. The normalized spacial score (nSPS) is 21.2. The van der Waals surface area contributed by atoms with E-state index in [0.29, 0.717) is 11.4 Å². The highest BCUT2D eigenvalue weighted by Gasteiger charge is 2.50. The lowest BCUT2D eigenvalue weighted by Crippen LogP contribution is -2.41. The fourth-order valence-corrected chi connectivity index (χ4v) is 7.28. The molecule has 0 nitrogen and oxygen atoms in total.